The number of hydrogen-bond acceptors (Lipinski definition) is 1. The van der Waals surface area contributed by atoms with Gasteiger partial charge in [0.05, 0.1) is 0 Å². The number of halogens is 2. The zero-order valence-corrected chi connectivity index (χ0v) is 11.6. The average molecular weight is 268 g/mol. The first-order chi connectivity index (χ1) is 9.01. The van der Waals surface area contributed by atoms with E-state index in [4.69, 9.17) is 5.11 Å². The van der Waals surface area contributed by atoms with Gasteiger partial charge in [-0.15, -0.1) is 0 Å². The Morgan fingerprint density at radius 3 is 2.58 bits per heavy atom. The van der Waals surface area contributed by atoms with Crippen molar-refractivity contribution in [1.29, 1.82) is 0 Å². The molecule has 0 saturated carbocycles. The van der Waals surface area contributed by atoms with E-state index >= 15 is 0 Å². The highest BCUT2D eigenvalue weighted by atomic mass is 19.3. The molecule has 3 heteroatoms. The van der Waals surface area contributed by atoms with E-state index < -0.39 is 12.3 Å². The van der Waals surface area contributed by atoms with E-state index in [1.165, 1.54) is 6.92 Å². The fourth-order valence-electron chi connectivity index (χ4n) is 2.18. The van der Waals surface area contributed by atoms with Crippen molar-refractivity contribution in [1.82, 2.24) is 0 Å². The summed E-state index contributed by atoms with van der Waals surface area (Å²) in [6.45, 7) is 7.74. The summed E-state index contributed by atoms with van der Waals surface area (Å²) in [4.78, 5) is 0. The van der Waals surface area contributed by atoms with Crippen LogP contribution in [0.3, 0.4) is 0 Å². The van der Waals surface area contributed by atoms with Gasteiger partial charge in [-0.05, 0) is 35.5 Å². The van der Waals surface area contributed by atoms with Gasteiger partial charge in [-0.2, -0.15) is 0 Å². The van der Waals surface area contributed by atoms with Gasteiger partial charge in [-0.1, -0.05) is 44.7 Å². The minimum Gasteiger partial charge on any atom is -0.396 e. The summed E-state index contributed by atoms with van der Waals surface area (Å²) in [5.41, 5.74) is 2.44. The molecular formula is C16H22F2O. The number of rotatable bonds is 7. The molecule has 0 saturated heterocycles. The molecule has 0 fully saturated rings. The summed E-state index contributed by atoms with van der Waals surface area (Å²) in [5.74, 6) is -0.576. The van der Waals surface area contributed by atoms with Crippen LogP contribution in [0, 0.1) is 5.92 Å². The second kappa shape index (κ2) is 7.39. The predicted octanol–water partition coefficient (Wildman–Crippen LogP) is 4.48. The lowest BCUT2D eigenvalue weighted by Gasteiger charge is -2.19. The van der Waals surface area contributed by atoms with Gasteiger partial charge in [0.15, 0.2) is 0 Å². The smallest absolute Gasteiger partial charge is 0.245 e. The molecule has 2 unspecified atom stereocenters. The van der Waals surface area contributed by atoms with E-state index in [0.29, 0.717) is 12.0 Å². The van der Waals surface area contributed by atoms with Gasteiger partial charge in [0.2, 0.25) is 6.43 Å². The van der Waals surface area contributed by atoms with Crippen molar-refractivity contribution in [3.8, 4) is 0 Å². The highest BCUT2D eigenvalue weighted by Crippen LogP contribution is 2.30. The number of allylic oxidation sites excluding steroid dienone is 1. The largest absolute Gasteiger partial charge is 0.396 e. The van der Waals surface area contributed by atoms with Crippen molar-refractivity contribution in [2.45, 2.75) is 39.0 Å². The third kappa shape index (κ3) is 4.13. The third-order valence-corrected chi connectivity index (χ3v) is 3.62. The standard InChI is InChI=1S/C16H22F2O/c1-4-13(8-9-19)11(2)14-6-5-7-15(10-14)12(3)16(17)18/h5-7,10,12-13,16,19H,2,4,8-9H2,1,3H3. The van der Waals surface area contributed by atoms with E-state index in [0.717, 1.165) is 17.6 Å². The fraction of sp³-hybridized carbons (Fsp3) is 0.500. The van der Waals surface area contributed by atoms with Gasteiger partial charge < -0.3 is 5.11 Å². The van der Waals surface area contributed by atoms with E-state index in [2.05, 4.69) is 6.58 Å². The molecule has 1 aromatic rings. The van der Waals surface area contributed by atoms with Crippen molar-refractivity contribution in [3.63, 3.8) is 0 Å². The van der Waals surface area contributed by atoms with Crippen LogP contribution in [0.25, 0.3) is 5.57 Å². The molecule has 0 heterocycles. The second-order valence-electron chi connectivity index (χ2n) is 4.89. The molecule has 0 aliphatic rings. The van der Waals surface area contributed by atoms with Gasteiger partial charge in [0, 0.05) is 12.5 Å². The Labute approximate surface area is 114 Å². The van der Waals surface area contributed by atoms with Crippen LogP contribution in [0.2, 0.25) is 0 Å². The van der Waals surface area contributed by atoms with Crippen molar-refractivity contribution < 1.29 is 13.9 Å². The molecule has 106 valence electrons. The van der Waals surface area contributed by atoms with E-state index in [9.17, 15) is 8.78 Å². The van der Waals surface area contributed by atoms with E-state index in [-0.39, 0.29) is 12.5 Å². The molecule has 0 radical (unpaired) electrons. The van der Waals surface area contributed by atoms with Crippen LogP contribution in [-0.4, -0.2) is 18.1 Å². The molecule has 0 aliphatic heterocycles. The summed E-state index contributed by atoms with van der Waals surface area (Å²) in [6, 6.07) is 7.20. The van der Waals surface area contributed by atoms with Crippen LogP contribution >= 0.6 is 0 Å². The van der Waals surface area contributed by atoms with Gasteiger partial charge >= 0.3 is 0 Å². The molecule has 0 aliphatic carbocycles. The van der Waals surface area contributed by atoms with E-state index in [1.54, 1.807) is 18.2 Å². The van der Waals surface area contributed by atoms with Gasteiger partial charge in [0.1, 0.15) is 0 Å². The third-order valence-electron chi connectivity index (χ3n) is 3.62. The molecule has 0 spiro atoms. The average Bonchev–Trinajstić information content (AvgIpc) is 2.43. The Morgan fingerprint density at radius 1 is 1.37 bits per heavy atom. The monoisotopic (exact) mass is 268 g/mol. The minimum absolute atomic E-state index is 0.116. The maximum absolute atomic E-state index is 12.7. The minimum atomic E-state index is -2.36. The molecule has 0 aromatic heterocycles. The van der Waals surface area contributed by atoms with Crippen molar-refractivity contribution in [2.75, 3.05) is 6.61 Å². The van der Waals surface area contributed by atoms with Crippen LogP contribution < -0.4 is 0 Å². The van der Waals surface area contributed by atoms with Crippen molar-refractivity contribution in [2.24, 2.45) is 5.92 Å². The quantitative estimate of drug-likeness (QED) is 0.773. The summed E-state index contributed by atoms with van der Waals surface area (Å²) in [5, 5.41) is 9.04. The van der Waals surface area contributed by atoms with Gasteiger partial charge in [-0.3, -0.25) is 0 Å². The van der Waals surface area contributed by atoms with Crippen LogP contribution in [0.1, 0.15) is 43.7 Å². The lowest BCUT2D eigenvalue weighted by molar-refractivity contribution is 0.121. The van der Waals surface area contributed by atoms with Gasteiger partial charge in [-0.25, -0.2) is 8.78 Å². The molecule has 0 amide bonds. The Bertz CT molecular complexity index is 415. The summed E-state index contributed by atoms with van der Waals surface area (Å²) < 4.78 is 25.5. The second-order valence-corrected chi connectivity index (χ2v) is 4.89. The maximum Gasteiger partial charge on any atom is 0.245 e. The first-order valence-corrected chi connectivity index (χ1v) is 6.69. The summed E-state index contributed by atoms with van der Waals surface area (Å²) in [6.07, 6.45) is -0.819. The Morgan fingerprint density at radius 2 is 2.05 bits per heavy atom. The zero-order valence-electron chi connectivity index (χ0n) is 11.6. The number of aliphatic hydroxyl groups excluding tert-OH is 1. The topological polar surface area (TPSA) is 20.2 Å². The zero-order chi connectivity index (χ0) is 14.4. The number of alkyl halides is 2. The molecule has 1 rings (SSSR count). The molecule has 19 heavy (non-hydrogen) atoms. The maximum atomic E-state index is 12.7. The lowest BCUT2D eigenvalue weighted by atomic mass is 9.87. The van der Waals surface area contributed by atoms with E-state index in [1.807, 2.05) is 13.0 Å². The predicted molar refractivity (Wildman–Crippen MR) is 75.4 cm³/mol. The summed E-state index contributed by atoms with van der Waals surface area (Å²) in [7, 11) is 0. The Balaban J connectivity index is 2.95. The lowest BCUT2D eigenvalue weighted by Crippen LogP contribution is -2.07. The van der Waals surface area contributed by atoms with Crippen LogP contribution in [0.15, 0.2) is 30.8 Å². The first kappa shape index (κ1) is 15.8. The highest BCUT2D eigenvalue weighted by molar-refractivity contribution is 5.65. The molecule has 2 atom stereocenters. The molecule has 0 bridgehead atoms. The Hall–Kier alpha value is -1.22. The molecule has 1 N–H and O–H groups in total. The number of aliphatic hydroxyl groups is 1. The van der Waals surface area contributed by atoms with Crippen molar-refractivity contribution >= 4 is 5.57 Å². The normalized spacial score (nSPS) is 14.4. The highest BCUT2D eigenvalue weighted by Gasteiger charge is 2.18. The van der Waals surface area contributed by atoms with Crippen molar-refractivity contribution in [3.05, 3.63) is 42.0 Å². The first-order valence-electron chi connectivity index (χ1n) is 6.69. The Kier molecular flexibility index (Phi) is 6.16. The summed E-state index contributed by atoms with van der Waals surface area (Å²) >= 11 is 0. The van der Waals surface area contributed by atoms with Crippen LogP contribution in [-0.2, 0) is 0 Å². The van der Waals surface area contributed by atoms with Crippen LogP contribution in [0.5, 0.6) is 0 Å². The number of hydrogen-bond donors (Lipinski definition) is 1. The SMILES string of the molecule is C=C(c1cccc(C(C)C(F)F)c1)C(CC)CCO. The number of benzene rings is 1. The molecule has 1 nitrogen and oxygen atoms in total. The molecular weight excluding hydrogens is 246 g/mol. The molecule has 1 aromatic carbocycles. The van der Waals surface area contributed by atoms with Crippen LogP contribution in [0.4, 0.5) is 8.78 Å². The fourth-order valence-corrected chi connectivity index (χ4v) is 2.18. The van der Waals surface area contributed by atoms with Gasteiger partial charge in [0.25, 0.3) is 0 Å².